The summed E-state index contributed by atoms with van der Waals surface area (Å²) < 4.78 is 24.4. The van der Waals surface area contributed by atoms with E-state index in [1.807, 2.05) is 20.8 Å². The maximum atomic E-state index is 13.4. The maximum Gasteiger partial charge on any atom is 0.253 e. The lowest BCUT2D eigenvalue weighted by molar-refractivity contribution is 0.256. The maximum absolute atomic E-state index is 13.4. The van der Waals surface area contributed by atoms with Crippen molar-refractivity contribution >= 4 is 0 Å². The van der Waals surface area contributed by atoms with Gasteiger partial charge < -0.3 is 14.5 Å². The molecule has 0 aliphatic heterocycles. The second-order valence-electron chi connectivity index (χ2n) is 5.02. The van der Waals surface area contributed by atoms with Crippen molar-refractivity contribution in [3.63, 3.8) is 0 Å². The van der Waals surface area contributed by atoms with Gasteiger partial charge >= 0.3 is 0 Å². The van der Waals surface area contributed by atoms with Gasteiger partial charge in [0.25, 0.3) is 5.89 Å². The summed E-state index contributed by atoms with van der Waals surface area (Å²) in [5, 5.41) is 11.0. The number of nitrogens with zero attached hydrogens (tertiary/aromatic N) is 2. The molecule has 0 aliphatic carbocycles. The van der Waals surface area contributed by atoms with Crippen molar-refractivity contribution in [2.24, 2.45) is 0 Å². The molecule has 0 bridgehead atoms. The Labute approximate surface area is 123 Å². The summed E-state index contributed by atoms with van der Waals surface area (Å²) in [7, 11) is 0. The molecule has 0 radical (unpaired) electrons. The number of benzene rings is 1. The van der Waals surface area contributed by atoms with Crippen LogP contribution < -0.4 is 10.1 Å². The first-order chi connectivity index (χ1) is 10.1. The van der Waals surface area contributed by atoms with Gasteiger partial charge in [0.2, 0.25) is 5.89 Å². The molecule has 1 N–H and O–H groups in total. The zero-order valence-electron chi connectivity index (χ0n) is 12.5. The highest BCUT2D eigenvalue weighted by Crippen LogP contribution is 2.21. The van der Waals surface area contributed by atoms with E-state index in [0.29, 0.717) is 36.5 Å². The summed E-state index contributed by atoms with van der Waals surface area (Å²) in [5.41, 5.74) is 0.763. The highest BCUT2D eigenvalue weighted by molar-refractivity contribution is 5.34. The van der Waals surface area contributed by atoms with Crippen molar-refractivity contribution in [2.45, 2.75) is 46.4 Å². The van der Waals surface area contributed by atoms with Crippen LogP contribution in [-0.2, 0) is 19.6 Å². The van der Waals surface area contributed by atoms with Gasteiger partial charge in [0.15, 0.2) is 6.61 Å². The van der Waals surface area contributed by atoms with Gasteiger partial charge in [0.1, 0.15) is 11.6 Å². The number of aryl methyl sites for hydroxylation is 1. The quantitative estimate of drug-likeness (QED) is 0.850. The minimum Gasteiger partial charge on any atom is -0.483 e. The SMILES string of the molecule is CCc1nnc(COc2ccc(F)cc2CNC(C)C)o1. The van der Waals surface area contributed by atoms with Gasteiger partial charge in [-0.2, -0.15) is 0 Å². The molecule has 1 heterocycles. The molecule has 2 aromatic rings. The van der Waals surface area contributed by atoms with E-state index in [2.05, 4.69) is 15.5 Å². The summed E-state index contributed by atoms with van der Waals surface area (Å²) in [6.07, 6.45) is 0.688. The first kappa shape index (κ1) is 15.4. The Kier molecular flexibility index (Phi) is 5.27. The molecule has 114 valence electrons. The molecule has 0 aliphatic rings. The number of hydrogen-bond donors (Lipinski definition) is 1. The third-order valence-corrected chi connectivity index (χ3v) is 2.89. The molecule has 0 unspecified atom stereocenters. The Morgan fingerprint density at radius 1 is 1.29 bits per heavy atom. The normalized spacial score (nSPS) is 11.1. The van der Waals surface area contributed by atoms with Crippen molar-refractivity contribution in [3.05, 3.63) is 41.4 Å². The third-order valence-electron chi connectivity index (χ3n) is 2.89. The van der Waals surface area contributed by atoms with Crippen molar-refractivity contribution < 1.29 is 13.5 Å². The van der Waals surface area contributed by atoms with Gasteiger partial charge in [0, 0.05) is 24.6 Å². The Bertz CT molecular complexity index is 584. The molecule has 0 saturated heterocycles. The van der Waals surface area contributed by atoms with Gasteiger partial charge in [-0.05, 0) is 18.2 Å². The van der Waals surface area contributed by atoms with Gasteiger partial charge in [-0.25, -0.2) is 4.39 Å². The number of hydrogen-bond acceptors (Lipinski definition) is 5. The molecular formula is C15H20FN3O2. The van der Waals surface area contributed by atoms with Crippen LogP contribution in [0.25, 0.3) is 0 Å². The lowest BCUT2D eigenvalue weighted by Crippen LogP contribution is -2.22. The molecule has 0 fully saturated rings. The molecule has 0 spiro atoms. The van der Waals surface area contributed by atoms with E-state index in [0.717, 1.165) is 5.56 Å². The molecular weight excluding hydrogens is 273 g/mol. The molecule has 0 amide bonds. The fourth-order valence-corrected chi connectivity index (χ4v) is 1.77. The molecule has 6 heteroatoms. The molecule has 21 heavy (non-hydrogen) atoms. The first-order valence-electron chi connectivity index (χ1n) is 7.04. The lowest BCUT2D eigenvalue weighted by atomic mass is 10.2. The summed E-state index contributed by atoms with van der Waals surface area (Å²) in [4.78, 5) is 0. The first-order valence-corrected chi connectivity index (χ1v) is 7.04. The van der Waals surface area contributed by atoms with Crippen LogP contribution in [-0.4, -0.2) is 16.2 Å². The summed E-state index contributed by atoms with van der Waals surface area (Å²) in [5.74, 6) is 1.32. The Morgan fingerprint density at radius 3 is 2.71 bits per heavy atom. The van der Waals surface area contributed by atoms with Crippen LogP contribution in [0.5, 0.6) is 5.75 Å². The summed E-state index contributed by atoms with van der Waals surface area (Å²) in [6.45, 7) is 6.71. The van der Waals surface area contributed by atoms with E-state index in [1.165, 1.54) is 12.1 Å². The van der Waals surface area contributed by atoms with Crippen LogP contribution in [0.1, 0.15) is 38.1 Å². The highest BCUT2D eigenvalue weighted by atomic mass is 19.1. The van der Waals surface area contributed by atoms with Crippen molar-refractivity contribution in [2.75, 3.05) is 0 Å². The topological polar surface area (TPSA) is 60.2 Å². The molecule has 1 aromatic carbocycles. The average molecular weight is 293 g/mol. The zero-order chi connectivity index (χ0) is 15.2. The van der Waals surface area contributed by atoms with E-state index in [9.17, 15) is 4.39 Å². The Morgan fingerprint density at radius 2 is 2.05 bits per heavy atom. The number of nitrogens with one attached hydrogen (secondary N) is 1. The fourth-order valence-electron chi connectivity index (χ4n) is 1.77. The number of rotatable bonds is 7. The number of halogens is 1. The van der Waals surface area contributed by atoms with Crippen molar-refractivity contribution in [1.29, 1.82) is 0 Å². The Balaban J connectivity index is 2.04. The van der Waals surface area contributed by atoms with Gasteiger partial charge in [0.05, 0.1) is 0 Å². The van der Waals surface area contributed by atoms with Gasteiger partial charge in [-0.15, -0.1) is 10.2 Å². The van der Waals surface area contributed by atoms with E-state index in [1.54, 1.807) is 6.07 Å². The molecule has 0 saturated carbocycles. The monoisotopic (exact) mass is 293 g/mol. The molecule has 5 nitrogen and oxygen atoms in total. The van der Waals surface area contributed by atoms with E-state index in [4.69, 9.17) is 9.15 Å². The smallest absolute Gasteiger partial charge is 0.253 e. The van der Waals surface area contributed by atoms with Crippen molar-refractivity contribution in [1.82, 2.24) is 15.5 Å². The lowest BCUT2D eigenvalue weighted by Gasteiger charge is -2.13. The van der Waals surface area contributed by atoms with Crippen LogP contribution in [0, 0.1) is 5.82 Å². The minimum absolute atomic E-state index is 0.174. The van der Waals surface area contributed by atoms with Gasteiger partial charge in [-0.1, -0.05) is 20.8 Å². The second-order valence-corrected chi connectivity index (χ2v) is 5.02. The zero-order valence-corrected chi connectivity index (χ0v) is 12.5. The van der Waals surface area contributed by atoms with Gasteiger partial charge in [-0.3, -0.25) is 0 Å². The highest BCUT2D eigenvalue weighted by Gasteiger charge is 2.09. The second kappa shape index (κ2) is 7.17. The molecule has 1 aromatic heterocycles. The van der Waals surface area contributed by atoms with E-state index in [-0.39, 0.29) is 12.4 Å². The van der Waals surface area contributed by atoms with Crippen LogP contribution in [0.4, 0.5) is 4.39 Å². The standard InChI is InChI=1S/C15H20FN3O2/c1-4-14-18-19-15(21-14)9-20-13-6-5-12(16)7-11(13)8-17-10(2)3/h5-7,10,17H,4,8-9H2,1-3H3. The minimum atomic E-state index is -0.283. The largest absolute Gasteiger partial charge is 0.483 e. The molecule has 2 rings (SSSR count). The number of ether oxygens (including phenoxy) is 1. The number of aromatic nitrogens is 2. The predicted molar refractivity (Wildman–Crippen MR) is 76.4 cm³/mol. The van der Waals surface area contributed by atoms with Crippen LogP contribution >= 0.6 is 0 Å². The van der Waals surface area contributed by atoms with Crippen LogP contribution in [0.3, 0.4) is 0 Å². The molecule has 0 atom stereocenters. The summed E-state index contributed by atoms with van der Waals surface area (Å²) in [6, 6.07) is 4.77. The van der Waals surface area contributed by atoms with Crippen LogP contribution in [0.15, 0.2) is 22.6 Å². The van der Waals surface area contributed by atoms with Crippen LogP contribution in [0.2, 0.25) is 0 Å². The Hall–Kier alpha value is -1.95. The third kappa shape index (κ3) is 4.53. The van der Waals surface area contributed by atoms with Crippen molar-refractivity contribution in [3.8, 4) is 5.75 Å². The fraction of sp³-hybridized carbons (Fsp3) is 0.467. The predicted octanol–water partition coefficient (Wildman–Crippen LogP) is 2.85. The van der Waals surface area contributed by atoms with E-state index < -0.39 is 0 Å². The average Bonchev–Trinajstić information content (AvgIpc) is 2.92. The van der Waals surface area contributed by atoms with E-state index >= 15 is 0 Å². The summed E-state index contributed by atoms with van der Waals surface area (Å²) >= 11 is 0.